The molecule has 3 amide bonds. The van der Waals surface area contributed by atoms with Crippen molar-refractivity contribution in [1.82, 2.24) is 15.1 Å². The molecule has 4 rings (SSSR count). The number of methoxy groups -OCH3 is 1. The first kappa shape index (κ1) is 39.2. The molecule has 3 aliphatic heterocycles. The second-order valence-electron chi connectivity index (χ2n) is 13.9. The van der Waals surface area contributed by atoms with Crippen molar-refractivity contribution in [1.29, 1.82) is 0 Å². The average Bonchev–Trinajstić information content (AvgIpc) is 3.75. The van der Waals surface area contributed by atoms with Gasteiger partial charge >= 0.3 is 5.97 Å². The van der Waals surface area contributed by atoms with Crippen LogP contribution in [0.2, 0.25) is 0 Å². The van der Waals surface area contributed by atoms with E-state index in [4.69, 9.17) is 14.2 Å². The summed E-state index contributed by atoms with van der Waals surface area (Å²) in [5.74, 6) is -3.07. The minimum absolute atomic E-state index is 0.0761. The van der Waals surface area contributed by atoms with Gasteiger partial charge in [-0.25, -0.2) is 0 Å². The molecule has 3 heterocycles. The molecule has 0 aliphatic carbocycles. The van der Waals surface area contributed by atoms with E-state index in [1.165, 1.54) is 7.11 Å². The van der Waals surface area contributed by atoms with Crippen LogP contribution in [-0.4, -0.2) is 102 Å². The Morgan fingerprint density at radius 1 is 1.16 bits per heavy atom. The Morgan fingerprint density at radius 3 is 2.56 bits per heavy atom. The lowest BCUT2D eigenvalue weighted by molar-refractivity contribution is -0.163. The highest BCUT2D eigenvalue weighted by Gasteiger charge is 2.75. The largest absolute Gasteiger partial charge is 0.455 e. The Hall–Kier alpha value is -3.54. The van der Waals surface area contributed by atoms with E-state index in [0.717, 1.165) is 25.7 Å². The Morgan fingerprint density at radius 2 is 1.90 bits per heavy atom. The number of unbranched alkanes of at least 4 members (excludes halogenated alkanes) is 3. The van der Waals surface area contributed by atoms with Gasteiger partial charge in [-0.1, -0.05) is 68.7 Å². The number of ether oxygens (including phenoxy) is 3. The molecule has 2 bridgehead atoms. The van der Waals surface area contributed by atoms with Crippen LogP contribution in [0.5, 0.6) is 0 Å². The summed E-state index contributed by atoms with van der Waals surface area (Å²) >= 11 is 0. The molecule has 3 fully saturated rings. The molecule has 2 N–H and O–H groups in total. The van der Waals surface area contributed by atoms with Gasteiger partial charge in [0.15, 0.2) is 0 Å². The molecular formula is C39H57N3O8. The van der Waals surface area contributed by atoms with Crippen molar-refractivity contribution >= 4 is 23.7 Å². The Labute approximate surface area is 297 Å². The maximum Gasteiger partial charge on any atom is 0.313 e. The number of likely N-dealkylation sites (tertiary alicyclic amines) is 1. The zero-order valence-electron chi connectivity index (χ0n) is 30.1. The van der Waals surface area contributed by atoms with Crippen molar-refractivity contribution in [2.24, 2.45) is 11.8 Å². The number of aliphatic hydroxyl groups excluding tert-OH is 1. The first-order valence-electron chi connectivity index (χ1n) is 18.3. The number of aliphatic hydroxyl groups is 1. The summed E-state index contributed by atoms with van der Waals surface area (Å²) < 4.78 is 18.5. The van der Waals surface area contributed by atoms with Crippen molar-refractivity contribution in [2.45, 2.75) is 114 Å². The van der Waals surface area contributed by atoms with Crippen LogP contribution in [0, 0.1) is 11.8 Å². The number of amides is 3. The number of carbonyl (C=O) groups excluding carboxylic acids is 4. The first-order chi connectivity index (χ1) is 24.2. The minimum Gasteiger partial charge on any atom is -0.455 e. The number of benzene rings is 1. The second kappa shape index (κ2) is 18.6. The molecule has 1 spiro atoms. The van der Waals surface area contributed by atoms with Crippen LogP contribution in [0.1, 0.15) is 89.7 Å². The van der Waals surface area contributed by atoms with Gasteiger partial charge in [0.1, 0.15) is 17.7 Å². The Kier molecular flexibility index (Phi) is 14.6. The van der Waals surface area contributed by atoms with Gasteiger partial charge in [0.05, 0.1) is 30.6 Å². The minimum atomic E-state index is -1.16. The summed E-state index contributed by atoms with van der Waals surface area (Å²) in [5.41, 5.74) is -0.488. The summed E-state index contributed by atoms with van der Waals surface area (Å²) in [6.07, 6.45) is 8.21. The molecule has 0 radical (unpaired) electrons. The molecule has 0 aromatic heterocycles. The quantitative estimate of drug-likeness (QED) is 0.103. The van der Waals surface area contributed by atoms with Crippen molar-refractivity contribution < 1.29 is 38.5 Å². The lowest BCUT2D eigenvalue weighted by Crippen LogP contribution is -2.57. The third-order valence-corrected chi connectivity index (χ3v) is 10.5. The van der Waals surface area contributed by atoms with Crippen LogP contribution >= 0.6 is 0 Å². The van der Waals surface area contributed by atoms with Gasteiger partial charge < -0.3 is 34.4 Å². The van der Waals surface area contributed by atoms with Gasteiger partial charge in [0.2, 0.25) is 17.7 Å². The predicted molar refractivity (Wildman–Crippen MR) is 190 cm³/mol. The van der Waals surface area contributed by atoms with Gasteiger partial charge in [-0.15, -0.1) is 13.2 Å². The van der Waals surface area contributed by atoms with Gasteiger partial charge in [0.25, 0.3) is 0 Å². The van der Waals surface area contributed by atoms with Gasteiger partial charge in [0, 0.05) is 39.3 Å². The second-order valence-corrected chi connectivity index (χ2v) is 13.9. The molecule has 50 heavy (non-hydrogen) atoms. The lowest BCUT2D eigenvalue weighted by atomic mass is 9.70. The van der Waals surface area contributed by atoms with Crippen molar-refractivity contribution in [3.8, 4) is 0 Å². The number of nitrogens with one attached hydrogen (secondary N) is 1. The average molecular weight is 696 g/mol. The number of nitrogens with zero attached hydrogens (tertiary/aromatic N) is 2. The fourth-order valence-corrected chi connectivity index (χ4v) is 8.17. The number of rotatable bonds is 22. The predicted octanol–water partition coefficient (Wildman–Crippen LogP) is 4.50. The summed E-state index contributed by atoms with van der Waals surface area (Å²) in [7, 11) is 1.52. The van der Waals surface area contributed by atoms with Crippen molar-refractivity contribution in [3.63, 3.8) is 0 Å². The number of hydrogen-bond acceptors (Lipinski definition) is 8. The van der Waals surface area contributed by atoms with Crippen molar-refractivity contribution in [2.75, 3.05) is 33.4 Å². The van der Waals surface area contributed by atoms with E-state index < -0.39 is 47.7 Å². The lowest BCUT2D eigenvalue weighted by Gasteiger charge is -2.39. The zero-order chi connectivity index (χ0) is 36.3. The fraction of sp³-hybridized carbons (Fsp3) is 0.641. The van der Waals surface area contributed by atoms with Gasteiger partial charge in [-0.2, -0.15) is 0 Å². The SMILES string of the molecule is C=CCCC(=O)N[C@@H](COC)[C@@H](OC(=O)[C@@H]1[C@H]2C(=O)N(CCCCCCO)[C@H](C(=O)N(CC=C)C(C)CCC)[C@]23CC[C@H]1O3)c1ccccc1. The number of esters is 1. The normalized spacial score (nSPS) is 25.4. The molecule has 11 nitrogen and oxygen atoms in total. The topological polar surface area (TPSA) is 135 Å². The highest BCUT2D eigenvalue weighted by Crippen LogP contribution is 2.59. The van der Waals surface area contributed by atoms with E-state index in [-0.39, 0.29) is 43.4 Å². The molecule has 1 unspecified atom stereocenters. The molecule has 8 atom stereocenters. The fourth-order valence-electron chi connectivity index (χ4n) is 8.17. The third kappa shape index (κ3) is 8.49. The maximum absolute atomic E-state index is 14.6. The van der Waals surface area contributed by atoms with Gasteiger partial charge in [-0.3, -0.25) is 19.2 Å². The highest BCUT2D eigenvalue weighted by atomic mass is 16.6. The number of allylic oxidation sites excluding steroid dienone is 1. The van der Waals surface area contributed by atoms with Crippen LogP contribution in [0.4, 0.5) is 0 Å². The van der Waals surface area contributed by atoms with Crippen LogP contribution in [-0.2, 0) is 33.4 Å². The van der Waals surface area contributed by atoms with E-state index in [2.05, 4.69) is 25.4 Å². The third-order valence-electron chi connectivity index (χ3n) is 10.5. The van der Waals surface area contributed by atoms with E-state index in [1.54, 1.807) is 22.0 Å². The molecule has 3 aliphatic rings. The number of fused-ring (bicyclic) bond motifs is 1. The van der Waals surface area contributed by atoms with E-state index >= 15 is 0 Å². The molecule has 11 heteroatoms. The molecule has 3 saturated heterocycles. The molecule has 1 aromatic rings. The van der Waals surface area contributed by atoms with Crippen LogP contribution in [0.3, 0.4) is 0 Å². The maximum atomic E-state index is 14.6. The highest BCUT2D eigenvalue weighted by molar-refractivity contribution is 5.98. The molecule has 1 aromatic carbocycles. The van der Waals surface area contributed by atoms with Crippen LogP contribution in [0.25, 0.3) is 0 Å². The smallest absolute Gasteiger partial charge is 0.313 e. The van der Waals surface area contributed by atoms with Gasteiger partial charge in [-0.05, 0) is 51.0 Å². The van der Waals surface area contributed by atoms with Crippen LogP contribution < -0.4 is 5.32 Å². The molecule has 0 saturated carbocycles. The number of hydrogen-bond donors (Lipinski definition) is 2. The first-order valence-corrected chi connectivity index (χ1v) is 18.3. The monoisotopic (exact) mass is 695 g/mol. The van der Waals surface area contributed by atoms with E-state index in [9.17, 15) is 24.3 Å². The zero-order valence-corrected chi connectivity index (χ0v) is 30.1. The summed E-state index contributed by atoms with van der Waals surface area (Å²) in [6, 6.07) is 7.52. The Balaban J connectivity index is 1.68. The molecule has 276 valence electrons. The van der Waals surface area contributed by atoms with Crippen molar-refractivity contribution in [3.05, 3.63) is 61.2 Å². The van der Waals surface area contributed by atoms with E-state index in [1.807, 2.05) is 37.3 Å². The standard InChI is InChI=1S/C39H57N3O8/c1-6-9-20-31(44)40-29(26-48-5)34(28-18-13-12-14-19-28)49-38(47)32-30-21-22-39(50-30)33(32)36(45)42(24-15-10-11-16-25-43)35(39)37(46)41(23-8-3)27(4)17-7-2/h6,8,12-14,18-19,27,29-30,32-35,43H,1,3,7,9-11,15-17,20-26H2,2,4-5H3,(H,40,44)/t27?,29-,30+,32-,33-,34-,35+,39-/m0/s1. The van der Waals surface area contributed by atoms with E-state index in [0.29, 0.717) is 50.8 Å². The number of carbonyl (C=O) groups is 4. The molecular weight excluding hydrogens is 638 g/mol. The summed E-state index contributed by atoms with van der Waals surface area (Å²) in [4.78, 5) is 59.9. The van der Waals surface area contributed by atoms with Crippen LogP contribution in [0.15, 0.2) is 55.6 Å². The summed E-state index contributed by atoms with van der Waals surface area (Å²) in [5, 5.41) is 12.2. The summed E-state index contributed by atoms with van der Waals surface area (Å²) in [6.45, 7) is 12.5. The Bertz CT molecular complexity index is 1320.